The van der Waals surface area contributed by atoms with Gasteiger partial charge in [-0.05, 0) is 49.6 Å². The minimum atomic E-state index is 0.0230. The topological polar surface area (TPSA) is 38.0 Å². The van der Waals surface area contributed by atoms with Crippen LogP contribution in [0.4, 0.5) is 0 Å². The smallest absolute Gasteiger partial charge is 0.0594 e. The number of nitrogens with one attached hydrogen (secondary N) is 1. The Balaban J connectivity index is 2.29. The molecule has 0 amide bonds. The number of rotatable bonds is 4. The molecular weight excluding hydrogens is 299 g/mol. The van der Waals surface area contributed by atoms with Crippen molar-refractivity contribution in [3.8, 4) is 0 Å². The first kappa shape index (κ1) is 14.8. The summed E-state index contributed by atoms with van der Waals surface area (Å²) in [7, 11) is 0. The number of hydrogen-bond donors (Lipinski definition) is 2. The van der Waals surface area contributed by atoms with Crippen LogP contribution in [0.3, 0.4) is 0 Å². The first-order valence-corrected chi connectivity index (χ1v) is 7.56. The van der Waals surface area contributed by atoms with Crippen molar-refractivity contribution < 1.29 is 0 Å². The molecule has 2 rings (SSSR count). The largest absolute Gasteiger partial charge is 0.271 e. The van der Waals surface area contributed by atoms with E-state index in [-0.39, 0.29) is 6.04 Å². The van der Waals surface area contributed by atoms with Gasteiger partial charge in [-0.25, -0.2) is 0 Å². The van der Waals surface area contributed by atoms with Crippen molar-refractivity contribution in [2.75, 3.05) is 0 Å². The first-order valence-electron chi connectivity index (χ1n) is 5.99. The molecule has 1 aromatic heterocycles. The number of halogens is 2. The van der Waals surface area contributed by atoms with Gasteiger partial charge in [0, 0.05) is 19.8 Å². The molecule has 1 unspecified atom stereocenters. The summed E-state index contributed by atoms with van der Waals surface area (Å²) in [6.45, 7) is 4.21. The third-order valence-corrected chi connectivity index (χ3v) is 5.17. The van der Waals surface area contributed by atoms with E-state index < -0.39 is 0 Å². The minimum Gasteiger partial charge on any atom is -0.271 e. The molecule has 1 heterocycles. The van der Waals surface area contributed by atoms with E-state index in [9.17, 15) is 0 Å². The van der Waals surface area contributed by atoms with Gasteiger partial charge in [-0.2, -0.15) is 0 Å². The molecule has 0 aliphatic heterocycles. The van der Waals surface area contributed by atoms with Crippen LogP contribution in [-0.2, 0) is 6.42 Å². The Morgan fingerprint density at radius 1 is 1.26 bits per heavy atom. The summed E-state index contributed by atoms with van der Waals surface area (Å²) in [6, 6.07) is 7.73. The van der Waals surface area contributed by atoms with Crippen LogP contribution in [0.1, 0.15) is 26.9 Å². The monoisotopic (exact) mass is 314 g/mol. The van der Waals surface area contributed by atoms with Crippen molar-refractivity contribution in [3.05, 3.63) is 55.2 Å². The van der Waals surface area contributed by atoms with Crippen LogP contribution in [0.25, 0.3) is 0 Å². The van der Waals surface area contributed by atoms with Gasteiger partial charge in [0.2, 0.25) is 0 Å². The lowest BCUT2D eigenvalue weighted by Crippen LogP contribution is -2.29. The van der Waals surface area contributed by atoms with Crippen molar-refractivity contribution in [3.63, 3.8) is 0 Å². The summed E-state index contributed by atoms with van der Waals surface area (Å²) in [5, 5.41) is 1.36. The van der Waals surface area contributed by atoms with Crippen LogP contribution < -0.4 is 11.3 Å². The lowest BCUT2D eigenvalue weighted by Gasteiger charge is -2.16. The molecule has 0 spiro atoms. The second-order valence-corrected chi connectivity index (χ2v) is 6.61. The maximum atomic E-state index is 6.20. The molecule has 2 aromatic rings. The van der Waals surface area contributed by atoms with Gasteiger partial charge in [-0.3, -0.25) is 11.3 Å². The zero-order valence-corrected chi connectivity index (χ0v) is 13.2. The fraction of sp³-hybridized carbons (Fsp3) is 0.286. The van der Waals surface area contributed by atoms with Crippen LogP contribution in [0.2, 0.25) is 10.0 Å². The standard InChI is InChI=1S/C14H16Cl2N2S/c1-8-6-14(19-9(8)2)13(18-17)7-10-11(15)4-3-5-12(10)16/h3-6,13,18H,7,17H2,1-2H3. The molecule has 1 aromatic carbocycles. The Labute approximate surface area is 127 Å². The number of hydrazine groups is 1. The molecule has 0 fully saturated rings. The highest BCUT2D eigenvalue weighted by atomic mass is 35.5. The van der Waals surface area contributed by atoms with Crippen molar-refractivity contribution in [1.82, 2.24) is 5.43 Å². The molecule has 0 aliphatic rings. The van der Waals surface area contributed by atoms with E-state index in [0.717, 1.165) is 5.56 Å². The summed E-state index contributed by atoms with van der Waals surface area (Å²) in [4.78, 5) is 2.51. The van der Waals surface area contributed by atoms with E-state index in [1.54, 1.807) is 11.3 Å². The molecule has 2 nitrogen and oxygen atoms in total. The molecular formula is C14H16Cl2N2S. The number of thiophene rings is 1. The Morgan fingerprint density at radius 3 is 2.37 bits per heavy atom. The third-order valence-electron chi connectivity index (χ3n) is 3.20. The van der Waals surface area contributed by atoms with Crippen LogP contribution in [0.15, 0.2) is 24.3 Å². The van der Waals surface area contributed by atoms with E-state index >= 15 is 0 Å². The van der Waals surface area contributed by atoms with Gasteiger partial charge in [0.05, 0.1) is 6.04 Å². The summed E-state index contributed by atoms with van der Waals surface area (Å²) in [5.74, 6) is 5.68. The van der Waals surface area contributed by atoms with Gasteiger partial charge in [-0.1, -0.05) is 29.3 Å². The van der Waals surface area contributed by atoms with Crippen molar-refractivity contribution in [2.45, 2.75) is 26.3 Å². The number of benzene rings is 1. The van der Waals surface area contributed by atoms with Crippen LogP contribution in [0.5, 0.6) is 0 Å². The molecule has 0 saturated heterocycles. The van der Waals surface area contributed by atoms with Gasteiger partial charge in [0.1, 0.15) is 0 Å². The highest BCUT2D eigenvalue weighted by molar-refractivity contribution is 7.12. The molecule has 1 atom stereocenters. The maximum absolute atomic E-state index is 6.20. The SMILES string of the molecule is Cc1cc(C(Cc2c(Cl)cccc2Cl)NN)sc1C. The van der Waals surface area contributed by atoms with Crippen molar-refractivity contribution in [1.29, 1.82) is 0 Å². The number of nitrogens with two attached hydrogens (primary N) is 1. The minimum absolute atomic E-state index is 0.0230. The molecule has 0 bridgehead atoms. The fourth-order valence-electron chi connectivity index (χ4n) is 1.95. The number of aryl methyl sites for hydroxylation is 2. The lowest BCUT2D eigenvalue weighted by atomic mass is 10.0. The van der Waals surface area contributed by atoms with Gasteiger partial charge in [0.25, 0.3) is 0 Å². The summed E-state index contributed by atoms with van der Waals surface area (Å²) >= 11 is 14.2. The summed E-state index contributed by atoms with van der Waals surface area (Å²) in [5.41, 5.74) is 5.07. The number of hydrogen-bond acceptors (Lipinski definition) is 3. The Morgan fingerprint density at radius 2 is 1.89 bits per heavy atom. The van der Waals surface area contributed by atoms with Crippen molar-refractivity contribution in [2.24, 2.45) is 5.84 Å². The predicted molar refractivity (Wildman–Crippen MR) is 84.0 cm³/mol. The second kappa shape index (κ2) is 6.25. The maximum Gasteiger partial charge on any atom is 0.0594 e. The average Bonchev–Trinajstić information content (AvgIpc) is 2.69. The average molecular weight is 315 g/mol. The van der Waals surface area contributed by atoms with Gasteiger partial charge in [0.15, 0.2) is 0 Å². The molecule has 102 valence electrons. The molecule has 5 heteroatoms. The van der Waals surface area contributed by atoms with E-state index in [4.69, 9.17) is 29.0 Å². The van der Waals surface area contributed by atoms with Gasteiger partial charge in [-0.15, -0.1) is 11.3 Å². The lowest BCUT2D eigenvalue weighted by molar-refractivity contribution is 0.560. The fourth-order valence-corrected chi connectivity index (χ4v) is 3.60. The van der Waals surface area contributed by atoms with Crippen molar-refractivity contribution >= 4 is 34.5 Å². The van der Waals surface area contributed by atoms with E-state index in [1.165, 1.54) is 15.3 Å². The van der Waals surface area contributed by atoms with Crippen LogP contribution in [-0.4, -0.2) is 0 Å². The van der Waals surface area contributed by atoms with Crippen LogP contribution >= 0.6 is 34.5 Å². The quantitative estimate of drug-likeness (QED) is 0.647. The molecule has 0 radical (unpaired) electrons. The van der Waals surface area contributed by atoms with Gasteiger partial charge < -0.3 is 0 Å². The second-order valence-electron chi connectivity index (χ2n) is 4.51. The zero-order valence-electron chi connectivity index (χ0n) is 10.8. The van der Waals surface area contributed by atoms with Gasteiger partial charge >= 0.3 is 0 Å². The van der Waals surface area contributed by atoms with Crippen LogP contribution in [0, 0.1) is 13.8 Å². The highest BCUT2D eigenvalue weighted by Crippen LogP contribution is 2.32. The Bertz CT molecular complexity index is 541. The normalized spacial score (nSPS) is 12.7. The summed E-state index contributed by atoms with van der Waals surface area (Å²) < 4.78 is 0. The Kier molecular flexibility index (Phi) is 4.87. The molecule has 0 aliphatic carbocycles. The summed E-state index contributed by atoms with van der Waals surface area (Å²) in [6.07, 6.45) is 0.675. The van der Waals surface area contributed by atoms with E-state index in [0.29, 0.717) is 16.5 Å². The van der Waals surface area contributed by atoms with E-state index in [1.807, 2.05) is 18.2 Å². The zero-order chi connectivity index (χ0) is 14.0. The highest BCUT2D eigenvalue weighted by Gasteiger charge is 2.17. The Hall–Kier alpha value is -0.580. The third kappa shape index (κ3) is 3.30. The first-order chi connectivity index (χ1) is 9.02. The molecule has 19 heavy (non-hydrogen) atoms. The molecule has 0 saturated carbocycles. The molecule has 3 N–H and O–H groups in total. The van der Waals surface area contributed by atoms with E-state index in [2.05, 4.69) is 25.3 Å². The predicted octanol–water partition coefficient (Wildman–Crippen LogP) is 4.42.